The average molecular weight is 246 g/mol. The zero-order chi connectivity index (χ0) is 12.0. The Morgan fingerprint density at radius 3 is 2.75 bits per heavy atom. The van der Waals surface area contributed by atoms with E-state index in [1.54, 1.807) is 0 Å². The number of rotatable bonds is 6. The Labute approximate surface area is 100 Å². The van der Waals surface area contributed by atoms with Gasteiger partial charge in [-0.25, -0.2) is 9.97 Å². The van der Waals surface area contributed by atoms with E-state index in [2.05, 4.69) is 16.9 Å². The van der Waals surface area contributed by atoms with Crippen molar-refractivity contribution in [1.29, 1.82) is 0 Å². The summed E-state index contributed by atoms with van der Waals surface area (Å²) in [4.78, 5) is 9.92. The highest BCUT2D eigenvalue weighted by Crippen LogP contribution is 2.31. The van der Waals surface area contributed by atoms with Gasteiger partial charge in [0.25, 0.3) is 0 Å². The second-order valence-electron chi connectivity index (χ2n) is 3.23. The molecule has 0 unspecified atom stereocenters. The Morgan fingerprint density at radius 1 is 1.44 bits per heavy atom. The fourth-order valence-corrected chi connectivity index (χ4v) is 1.66. The van der Waals surface area contributed by atoms with Crippen LogP contribution < -0.4 is 9.64 Å². The van der Waals surface area contributed by atoms with Crippen LogP contribution in [0.3, 0.4) is 0 Å². The number of hydrogen-bond donors (Lipinski definition) is 1. The number of aliphatic hydroxyl groups excluding tert-OH is 1. The zero-order valence-electron chi connectivity index (χ0n) is 9.48. The summed E-state index contributed by atoms with van der Waals surface area (Å²) in [5.41, 5.74) is 0. The van der Waals surface area contributed by atoms with Gasteiger partial charge in [-0.3, -0.25) is 0 Å². The van der Waals surface area contributed by atoms with Crippen LogP contribution in [0.4, 0.5) is 5.82 Å². The first-order chi connectivity index (χ1) is 7.74. The lowest BCUT2D eigenvalue weighted by atomic mass is 10.3. The molecule has 1 aromatic rings. The third kappa shape index (κ3) is 2.96. The highest BCUT2D eigenvalue weighted by molar-refractivity contribution is 6.31. The van der Waals surface area contributed by atoms with Crippen molar-refractivity contribution < 1.29 is 9.84 Å². The van der Waals surface area contributed by atoms with Crippen LogP contribution in [0, 0.1) is 0 Å². The van der Waals surface area contributed by atoms with Crippen molar-refractivity contribution in [1.82, 2.24) is 9.97 Å². The van der Waals surface area contributed by atoms with Crippen molar-refractivity contribution in [3.8, 4) is 5.75 Å². The van der Waals surface area contributed by atoms with Gasteiger partial charge in [0.05, 0.1) is 13.7 Å². The van der Waals surface area contributed by atoms with Crippen LogP contribution in [-0.2, 0) is 0 Å². The molecule has 1 rings (SSSR count). The van der Waals surface area contributed by atoms with Crippen LogP contribution in [0.1, 0.15) is 13.3 Å². The molecule has 6 heteroatoms. The van der Waals surface area contributed by atoms with E-state index in [9.17, 15) is 0 Å². The van der Waals surface area contributed by atoms with Gasteiger partial charge in [0.15, 0.2) is 16.7 Å². The second-order valence-corrected chi connectivity index (χ2v) is 3.59. The average Bonchev–Trinajstić information content (AvgIpc) is 2.28. The molecule has 0 atom stereocenters. The molecule has 1 aromatic heterocycles. The van der Waals surface area contributed by atoms with Crippen molar-refractivity contribution in [3.63, 3.8) is 0 Å². The van der Waals surface area contributed by atoms with Gasteiger partial charge in [0.1, 0.15) is 6.33 Å². The first-order valence-electron chi connectivity index (χ1n) is 5.14. The topological polar surface area (TPSA) is 58.5 Å². The van der Waals surface area contributed by atoms with Crippen LogP contribution >= 0.6 is 11.6 Å². The maximum absolute atomic E-state index is 9.00. The quantitative estimate of drug-likeness (QED) is 0.767. The number of methoxy groups -OCH3 is 1. The molecule has 0 bridgehead atoms. The third-order valence-corrected chi connectivity index (χ3v) is 2.38. The fourth-order valence-electron chi connectivity index (χ4n) is 1.46. The molecular weight excluding hydrogens is 230 g/mol. The fraction of sp³-hybridized carbons (Fsp3) is 0.600. The highest BCUT2D eigenvalue weighted by Gasteiger charge is 2.16. The second kappa shape index (κ2) is 6.50. The van der Waals surface area contributed by atoms with Gasteiger partial charge >= 0.3 is 0 Å². The molecular formula is C10H16ClN3O2. The first kappa shape index (κ1) is 13.0. The molecule has 5 nitrogen and oxygen atoms in total. The van der Waals surface area contributed by atoms with E-state index in [-0.39, 0.29) is 11.8 Å². The molecule has 90 valence electrons. The van der Waals surface area contributed by atoms with Gasteiger partial charge in [-0.05, 0) is 6.42 Å². The molecule has 0 saturated carbocycles. The van der Waals surface area contributed by atoms with Gasteiger partial charge in [0, 0.05) is 13.1 Å². The molecule has 0 amide bonds. The number of aliphatic hydroxyl groups is 1. The van der Waals surface area contributed by atoms with Crippen LogP contribution in [0.5, 0.6) is 5.75 Å². The lowest BCUT2D eigenvalue weighted by Gasteiger charge is -2.23. The SMILES string of the molecule is CCCN(CCO)c1ncnc(Cl)c1OC. The van der Waals surface area contributed by atoms with Crippen LogP contribution in [0.2, 0.25) is 5.15 Å². The van der Waals surface area contributed by atoms with Crippen molar-refractivity contribution >= 4 is 17.4 Å². The first-order valence-corrected chi connectivity index (χ1v) is 5.52. The minimum absolute atomic E-state index is 0.0603. The van der Waals surface area contributed by atoms with Crippen molar-refractivity contribution in [2.24, 2.45) is 0 Å². The smallest absolute Gasteiger partial charge is 0.199 e. The van der Waals surface area contributed by atoms with E-state index in [4.69, 9.17) is 21.4 Å². The molecule has 0 spiro atoms. The number of hydrogen-bond acceptors (Lipinski definition) is 5. The van der Waals surface area contributed by atoms with Gasteiger partial charge in [0.2, 0.25) is 0 Å². The Balaban J connectivity index is 3.02. The normalized spacial score (nSPS) is 10.2. The van der Waals surface area contributed by atoms with Crippen LogP contribution in [0.25, 0.3) is 0 Å². The molecule has 0 fully saturated rings. The monoisotopic (exact) mass is 245 g/mol. The maximum atomic E-state index is 9.00. The number of aromatic nitrogens is 2. The largest absolute Gasteiger partial charge is 0.490 e. The van der Waals surface area contributed by atoms with Gasteiger partial charge in [-0.15, -0.1) is 0 Å². The lowest BCUT2D eigenvalue weighted by Crippen LogP contribution is -2.28. The van der Waals surface area contributed by atoms with E-state index >= 15 is 0 Å². The Kier molecular flexibility index (Phi) is 5.28. The van der Waals surface area contributed by atoms with Crippen LogP contribution in [0.15, 0.2) is 6.33 Å². The van der Waals surface area contributed by atoms with E-state index in [0.717, 1.165) is 13.0 Å². The Morgan fingerprint density at radius 2 is 2.19 bits per heavy atom. The van der Waals surface area contributed by atoms with E-state index < -0.39 is 0 Å². The number of anilines is 1. The van der Waals surface area contributed by atoms with Crippen molar-refractivity contribution in [2.45, 2.75) is 13.3 Å². The van der Waals surface area contributed by atoms with E-state index in [0.29, 0.717) is 18.1 Å². The molecule has 1 N–H and O–H groups in total. The molecule has 0 radical (unpaired) electrons. The summed E-state index contributed by atoms with van der Waals surface area (Å²) in [5, 5.41) is 9.28. The molecule has 1 heterocycles. The number of halogens is 1. The summed E-state index contributed by atoms with van der Waals surface area (Å²) >= 11 is 5.91. The summed E-state index contributed by atoms with van der Waals surface area (Å²) in [7, 11) is 1.52. The standard InChI is InChI=1S/C10H16ClN3O2/c1-3-4-14(5-6-15)10-8(16-2)9(11)12-7-13-10/h7,15H,3-6H2,1-2H3. The third-order valence-electron chi connectivity index (χ3n) is 2.11. The van der Waals surface area contributed by atoms with Crippen molar-refractivity contribution in [2.75, 3.05) is 31.7 Å². The summed E-state index contributed by atoms with van der Waals surface area (Å²) in [5.74, 6) is 1.07. The number of nitrogens with zero attached hydrogens (tertiary/aromatic N) is 3. The predicted molar refractivity (Wildman–Crippen MR) is 63.2 cm³/mol. The molecule has 0 aliphatic rings. The van der Waals surface area contributed by atoms with Gasteiger partial charge < -0.3 is 14.7 Å². The Hall–Kier alpha value is -1.07. The summed E-state index contributed by atoms with van der Waals surface area (Å²) in [6.07, 6.45) is 2.34. The Bertz CT molecular complexity index is 330. The molecule has 16 heavy (non-hydrogen) atoms. The minimum Gasteiger partial charge on any atom is -0.490 e. The van der Waals surface area contributed by atoms with Crippen LogP contribution in [-0.4, -0.2) is 41.9 Å². The molecule has 0 aliphatic carbocycles. The molecule has 0 saturated heterocycles. The molecule has 0 aliphatic heterocycles. The summed E-state index contributed by atoms with van der Waals surface area (Å²) in [6.45, 7) is 3.40. The van der Waals surface area contributed by atoms with Gasteiger partial charge in [-0.2, -0.15) is 0 Å². The van der Waals surface area contributed by atoms with E-state index in [1.165, 1.54) is 13.4 Å². The van der Waals surface area contributed by atoms with Crippen molar-refractivity contribution in [3.05, 3.63) is 11.5 Å². The number of ether oxygens (including phenoxy) is 1. The van der Waals surface area contributed by atoms with E-state index in [1.807, 2.05) is 4.90 Å². The molecule has 0 aromatic carbocycles. The summed E-state index contributed by atoms with van der Waals surface area (Å²) in [6, 6.07) is 0. The lowest BCUT2D eigenvalue weighted by molar-refractivity contribution is 0.300. The predicted octanol–water partition coefficient (Wildman–Crippen LogP) is 1.35. The minimum atomic E-state index is 0.0603. The maximum Gasteiger partial charge on any atom is 0.199 e. The van der Waals surface area contributed by atoms with Gasteiger partial charge in [-0.1, -0.05) is 18.5 Å². The zero-order valence-corrected chi connectivity index (χ0v) is 10.2. The highest BCUT2D eigenvalue weighted by atomic mass is 35.5. The summed E-state index contributed by atoms with van der Waals surface area (Å²) < 4.78 is 5.17.